The van der Waals surface area contributed by atoms with E-state index in [4.69, 9.17) is 9.47 Å². The Hall–Kier alpha value is -1.76. The van der Waals surface area contributed by atoms with E-state index in [-0.39, 0.29) is 29.4 Å². The molecule has 1 N–H and O–H groups in total. The molecule has 2 atom stereocenters. The molecule has 0 bridgehead atoms. The van der Waals surface area contributed by atoms with Gasteiger partial charge in [0, 0.05) is 0 Å². The minimum Gasteiger partial charge on any atom is -0.486 e. The zero-order chi connectivity index (χ0) is 17.3. The van der Waals surface area contributed by atoms with Crippen LogP contribution < -0.4 is 14.8 Å². The molecule has 2 heterocycles. The Bertz CT molecular complexity index is 728. The molecule has 0 spiro atoms. The molecule has 7 heteroatoms. The summed E-state index contributed by atoms with van der Waals surface area (Å²) < 4.78 is 34.3. The standard InChI is InChI=1S/C17H23NO5S/c1-11(2)16(18-17(19)13-5-8-24(20,21)10-13)12-3-4-14-15(9-12)23-7-6-22-14/h3-4,9,11,13,16H,5-8,10H2,1-2H3,(H,18,19). The van der Waals surface area contributed by atoms with E-state index in [1.54, 1.807) is 0 Å². The van der Waals surface area contributed by atoms with Gasteiger partial charge in [-0.25, -0.2) is 8.42 Å². The molecule has 6 nitrogen and oxygen atoms in total. The van der Waals surface area contributed by atoms with Crippen molar-refractivity contribution in [3.05, 3.63) is 23.8 Å². The largest absolute Gasteiger partial charge is 0.486 e. The Morgan fingerprint density at radius 2 is 1.92 bits per heavy atom. The molecule has 1 saturated heterocycles. The first-order chi connectivity index (χ1) is 11.4. The first-order valence-electron chi connectivity index (χ1n) is 8.26. The number of sulfone groups is 1. The molecule has 2 aliphatic rings. The lowest BCUT2D eigenvalue weighted by Crippen LogP contribution is -2.36. The first-order valence-corrected chi connectivity index (χ1v) is 10.1. The topological polar surface area (TPSA) is 81.7 Å². The fourth-order valence-electron chi connectivity index (χ4n) is 3.16. The van der Waals surface area contributed by atoms with Gasteiger partial charge in [0.2, 0.25) is 5.91 Å². The summed E-state index contributed by atoms with van der Waals surface area (Å²) in [6, 6.07) is 5.47. The second kappa shape index (κ2) is 6.63. The Morgan fingerprint density at radius 3 is 2.54 bits per heavy atom. The highest BCUT2D eigenvalue weighted by molar-refractivity contribution is 7.91. The Morgan fingerprint density at radius 1 is 1.21 bits per heavy atom. The van der Waals surface area contributed by atoms with Gasteiger partial charge in [-0.1, -0.05) is 19.9 Å². The maximum absolute atomic E-state index is 12.5. The van der Waals surface area contributed by atoms with Crippen LogP contribution in [0.5, 0.6) is 11.5 Å². The zero-order valence-electron chi connectivity index (χ0n) is 13.9. The van der Waals surface area contributed by atoms with E-state index >= 15 is 0 Å². The predicted octanol–water partition coefficient (Wildman–Crippen LogP) is 1.71. The highest BCUT2D eigenvalue weighted by Gasteiger charge is 2.34. The third-order valence-corrected chi connectivity index (χ3v) is 6.26. The molecule has 132 valence electrons. The van der Waals surface area contributed by atoms with Crippen LogP contribution in [0.4, 0.5) is 0 Å². The summed E-state index contributed by atoms with van der Waals surface area (Å²) in [5.74, 6) is 0.960. The Balaban J connectivity index is 1.76. The van der Waals surface area contributed by atoms with Gasteiger partial charge in [0.15, 0.2) is 21.3 Å². The van der Waals surface area contributed by atoms with E-state index in [2.05, 4.69) is 5.32 Å². The van der Waals surface area contributed by atoms with E-state index < -0.39 is 15.8 Å². The molecule has 0 saturated carbocycles. The monoisotopic (exact) mass is 353 g/mol. The third kappa shape index (κ3) is 3.66. The fraction of sp³-hybridized carbons (Fsp3) is 0.588. The highest BCUT2D eigenvalue weighted by Crippen LogP contribution is 2.34. The van der Waals surface area contributed by atoms with Crippen molar-refractivity contribution < 1.29 is 22.7 Å². The number of carbonyl (C=O) groups excluding carboxylic acids is 1. The summed E-state index contributed by atoms with van der Waals surface area (Å²) in [5, 5.41) is 3.02. The van der Waals surface area contributed by atoms with Gasteiger partial charge in [-0.2, -0.15) is 0 Å². The highest BCUT2D eigenvalue weighted by atomic mass is 32.2. The average Bonchev–Trinajstić information content (AvgIpc) is 2.92. The van der Waals surface area contributed by atoms with Gasteiger partial charge in [-0.3, -0.25) is 4.79 Å². The van der Waals surface area contributed by atoms with Crippen LogP contribution in [0.1, 0.15) is 31.9 Å². The predicted molar refractivity (Wildman–Crippen MR) is 89.9 cm³/mol. The number of benzene rings is 1. The molecule has 1 fully saturated rings. The Labute approximate surface area is 142 Å². The first kappa shape index (κ1) is 17.1. The molecule has 0 aliphatic carbocycles. The van der Waals surface area contributed by atoms with Crippen LogP contribution in [0.15, 0.2) is 18.2 Å². The van der Waals surface area contributed by atoms with Crippen LogP contribution in [0.25, 0.3) is 0 Å². The van der Waals surface area contributed by atoms with Gasteiger partial charge < -0.3 is 14.8 Å². The molecule has 1 aromatic carbocycles. The molecular formula is C17H23NO5S. The van der Waals surface area contributed by atoms with E-state index in [0.717, 1.165) is 5.56 Å². The quantitative estimate of drug-likeness (QED) is 0.891. The van der Waals surface area contributed by atoms with Crippen LogP contribution in [0.2, 0.25) is 0 Å². The lowest BCUT2D eigenvalue weighted by atomic mass is 9.94. The minimum atomic E-state index is -3.07. The van der Waals surface area contributed by atoms with Gasteiger partial charge in [0.05, 0.1) is 23.5 Å². The second-order valence-electron chi connectivity index (χ2n) is 6.73. The number of amides is 1. The summed E-state index contributed by atoms with van der Waals surface area (Å²) in [6.07, 6.45) is 0.403. The number of fused-ring (bicyclic) bond motifs is 1. The fourth-order valence-corrected chi connectivity index (χ4v) is 4.90. The third-order valence-electron chi connectivity index (χ3n) is 4.49. The van der Waals surface area contributed by atoms with Crippen molar-refractivity contribution in [2.24, 2.45) is 11.8 Å². The van der Waals surface area contributed by atoms with Gasteiger partial charge >= 0.3 is 0 Å². The minimum absolute atomic E-state index is 0.0508. The van der Waals surface area contributed by atoms with Crippen LogP contribution in [0.3, 0.4) is 0 Å². The number of hydrogen-bond acceptors (Lipinski definition) is 5. The Kier molecular flexibility index (Phi) is 4.71. The van der Waals surface area contributed by atoms with Crippen molar-refractivity contribution in [1.29, 1.82) is 0 Å². The number of ether oxygens (including phenoxy) is 2. The van der Waals surface area contributed by atoms with Crippen LogP contribution >= 0.6 is 0 Å². The maximum Gasteiger partial charge on any atom is 0.224 e. The van der Waals surface area contributed by atoms with E-state index in [1.165, 1.54) is 0 Å². The van der Waals surface area contributed by atoms with Crippen molar-refractivity contribution in [2.75, 3.05) is 24.7 Å². The lowest BCUT2D eigenvalue weighted by molar-refractivity contribution is -0.125. The lowest BCUT2D eigenvalue weighted by Gasteiger charge is -2.26. The summed E-state index contributed by atoms with van der Waals surface area (Å²) >= 11 is 0. The molecule has 3 rings (SSSR count). The number of rotatable bonds is 4. The number of carbonyl (C=O) groups is 1. The molecule has 1 amide bonds. The summed E-state index contributed by atoms with van der Waals surface area (Å²) in [5.41, 5.74) is 0.934. The molecule has 0 radical (unpaired) electrons. The smallest absolute Gasteiger partial charge is 0.224 e. The summed E-state index contributed by atoms with van der Waals surface area (Å²) in [7, 11) is -3.07. The van der Waals surface area contributed by atoms with Crippen LogP contribution in [0, 0.1) is 11.8 Å². The van der Waals surface area contributed by atoms with Crippen LogP contribution in [-0.2, 0) is 14.6 Å². The second-order valence-corrected chi connectivity index (χ2v) is 8.96. The molecule has 0 aromatic heterocycles. The number of hydrogen-bond donors (Lipinski definition) is 1. The van der Waals surface area contributed by atoms with Crippen LogP contribution in [-0.4, -0.2) is 39.0 Å². The SMILES string of the molecule is CC(C)C(NC(=O)C1CCS(=O)(=O)C1)c1ccc2c(c1)OCCO2. The van der Waals surface area contributed by atoms with Crippen molar-refractivity contribution in [1.82, 2.24) is 5.32 Å². The summed E-state index contributed by atoms with van der Waals surface area (Å²) in [6.45, 7) is 5.09. The van der Waals surface area contributed by atoms with Crippen molar-refractivity contribution in [3.63, 3.8) is 0 Å². The number of nitrogens with one attached hydrogen (secondary N) is 1. The van der Waals surface area contributed by atoms with Crippen molar-refractivity contribution >= 4 is 15.7 Å². The normalized spacial score (nSPS) is 23.0. The van der Waals surface area contributed by atoms with Gasteiger partial charge in [-0.05, 0) is 30.0 Å². The van der Waals surface area contributed by atoms with Gasteiger partial charge in [-0.15, -0.1) is 0 Å². The molecule has 2 unspecified atom stereocenters. The molecular weight excluding hydrogens is 330 g/mol. The van der Waals surface area contributed by atoms with Gasteiger partial charge in [0.1, 0.15) is 13.2 Å². The van der Waals surface area contributed by atoms with E-state index in [9.17, 15) is 13.2 Å². The van der Waals surface area contributed by atoms with Crippen molar-refractivity contribution in [2.45, 2.75) is 26.3 Å². The average molecular weight is 353 g/mol. The summed E-state index contributed by atoms with van der Waals surface area (Å²) in [4.78, 5) is 12.5. The zero-order valence-corrected chi connectivity index (χ0v) is 14.8. The molecule has 2 aliphatic heterocycles. The van der Waals surface area contributed by atoms with Crippen molar-refractivity contribution in [3.8, 4) is 11.5 Å². The van der Waals surface area contributed by atoms with Gasteiger partial charge in [0.25, 0.3) is 0 Å². The molecule has 24 heavy (non-hydrogen) atoms. The molecule has 1 aromatic rings. The van der Waals surface area contributed by atoms with E-state index in [1.807, 2.05) is 32.0 Å². The van der Waals surface area contributed by atoms with E-state index in [0.29, 0.717) is 31.1 Å². The maximum atomic E-state index is 12.5.